The van der Waals surface area contributed by atoms with Gasteiger partial charge in [0.25, 0.3) is 0 Å². The summed E-state index contributed by atoms with van der Waals surface area (Å²) in [4.78, 5) is 20.3. The van der Waals surface area contributed by atoms with Crippen molar-refractivity contribution in [3.63, 3.8) is 0 Å². The van der Waals surface area contributed by atoms with Crippen molar-refractivity contribution >= 4 is 23.2 Å². The maximum atomic E-state index is 11.9. The topological polar surface area (TPSA) is 83.6 Å². The molecule has 1 aromatic carbocycles. The fourth-order valence-corrected chi connectivity index (χ4v) is 2.25. The van der Waals surface area contributed by atoms with Crippen molar-refractivity contribution in [2.24, 2.45) is 0 Å². The third-order valence-electron chi connectivity index (χ3n) is 3.17. The number of pyridine rings is 1. The molecule has 0 unspecified atom stereocenters. The Morgan fingerprint density at radius 2 is 2.04 bits per heavy atom. The molecule has 3 rings (SSSR count). The van der Waals surface area contributed by atoms with Crippen molar-refractivity contribution < 1.29 is 4.79 Å². The minimum atomic E-state index is -0.103. The van der Waals surface area contributed by atoms with Crippen molar-refractivity contribution in [1.82, 2.24) is 20.2 Å². The van der Waals surface area contributed by atoms with Gasteiger partial charge < -0.3 is 5.32 Å². The minimum absolute atomic E-state index is 0.103. The van der Waals surface area contributed by atoms with Crippen molar-refractivity contribution in [3.05, 3.63) is 59.6 Å². The average molecular weight is 328 g/mol. The fraction of sp³-hybridized carbons (Fsp3) is 0.125. The van der Waals surface area contributed by atoms with E-state index in [9.17, 15) is 4.79 Å². The molecule has 6 nitrogen and oxygen atoms in total. The van der Waals surface area contributed by atoms with Crippen LogP contribution in [0.3, 0.4) is 0 Å². The van der Waals surface area contributed by atoms with Gasteiger partial charge in [0, 0.05) is 41.5 Å². The number of aromatic amines is 1. The molecular formula is C16H14ClN5O. The molecule has 0 spiro atoms. The van der Waals surface area contributed by atoms with Crippen LogP contribution < -0.4 is 5.32 Å². The minimum Gasteiger partial charge on any atom is -0.326 e. The average Bonchev–Trinajstić information content (AvgIpc) is 3.03. The van der Waals surface area contributed by atoms with Crippen molar-refractivity contribution in [1.29, 1.82) is 0 Å². The third kappa shape index (κ3) is 4.14. The molecule has 23 heavy (non-hydrogen) atoms. The molecule has 2 aromatic heterocycles. The van der Waals surface area contributed by atoms with Crippen molar-refractivity contribution in [2.45, 2.75) is 12.8 Å². The molecule has 0 aliphatic carbocycles. The Morgan fingerprint density at radius 1 is 1.22 bits per heavy atom. The molecule has 2 heterocycles. The van der Waals surface area contributed by atoms with E-state index < -0.39 is 0 Å². The third-order valence-corrected chi connectivity index (χ3v) is 3.40. The van der Waals surface area contributed by atoms with Gasteiger partial charge in [-0.3, -0.25) is 14.9 Å². The van der Waals surface area contributed by atoms with Crippen LogP contribution in [0.15, 0.2) is 48.8 Å². The number of anilines is 1. The number of nitrogens with one attached hydrogen (secondary N) is 2. The van der Waals surface area contributed by atoms with Gasteiger partial charge in [-0.1, -0.05) is 17.7 Å². The van der Waals surface area contributed by atoms with Gasteiger partial charge in [0.15, 0.2) is 5.82 Å². The van der Waals surface area contributed by atoms with E-state index in [1.54, 1.807) is 36.7 Å². The lowest BCUT2D eigenvalue weighted by molar-refractivity contribution is -0.116. The summed E-state index contributed by atoms with van der Waals surface area (Å²) in [6, 6.07) is 10.7. The summed E-state index contributed by atoms with van der Waals surface area (Å²) in [5.74, 6) is 1.16. The first-order valence-electron chi connectivity index (χ1n) is 7.08. The van der Waals surface area contributed by atoms with Gasteiger partial charge in [-0.15, -0.1) is 0 Å². The Bertz CT molecular complexity index is 803. The van der Waals surface area contributed by atoms with Crippen LogP contribution in [0, 0.1) is 0 Å². The number of rotatable bonds is 5. The molecule has 0 aliphatic rings. The van der Waals surface area contributed by atoms with E-state index in [-0.39, 0.29) is 5.91 Å². The number of amides is 1. The van der Waals surface area contributed by atoms with Crippen LogP contribution in [0.25, 0.3) is 11.4 Å². The molecule has 0 saturated carbocycles. The Morgan fingerprint density at radius 3 is 2.83 bits per heavy atom. The predicted octanol–water partition coefficient (Wildman–Crippen LogP) is 3.09. The van der Waals surface area contributed by atoms with E-state index in [0.29, 0.717) is 35.2 Å². The van der Waals surface area contributed by atoms with Crippen LogP contribution in [0.1, 0.15) is 12.2 Å². The SMILES string of the molecule is O=C(CCc1nc(-c2ccncc2)n[nH]1)Nc1cccc(Cl)c1. The zero-order valence-electron chi connectivity index (χ0n) is 12.2. The highest BCUT2D eigenvalue weighted by atomic mass is 35.5. The summed E-state index contributed by atoms with van der Waals surface area (Å²) in [6.07, 6.45) is 4.15. The normalized spacial score (nSPS) is 10.5. The molecule has 0 aliphatic heterocycles. The second-order valence-corrected chi connectivity index (χ2v) is 5.34. The lowest BCUT2D eigenvalue weighted by Gasteiger charge is -2.04. The number of carbonyl (C=O) groups excluding carboxylic acids is 1. The van der Waals surface area contributed by atoms with Gasteiger partial charge in [-0.2, -0.15) is 5.10 Å². The number of aryl methyl sites for hydroxylation is 1. The summed E-state index contributed by atoms with van der Waals surface area (Å²) < 4.78 is 0. The van der Waals surface area contributed by atoms with Gasteiger partial charge in [0.2, 0.25) is 5.91 Å². The van der Waals surface area contributed by atoms with Gasteiger partial charge in [-0.25, -0.2) is 4.98 Å². The van der Waals surface area contributed by atoms with Crippen LogP contribution >= 0.6 is 11.6 Å². The Kier molecular flexibility index (Phi) is 4.63. The zero-order chi connectivity index (χ0) is 16.1. The van der Waals surface area contributed by atoms with Crippen molar-refractivity contribution in [3.8, 4) is 11.4 Å². The molecule has 1 amide bonds. The van der Waals surface area contributed by atoms with Gasteiger partial charge >= 0.3 is 0 Å². The zero-order valence-corrected chi connectivity index (χ0v) is 12.9. The summed E-state index contributed by atoms with van der Waals surface area (Å²) in [5.41, 5.74) is 1.56. The van der Waals surface area contributed by atoms with Crippen molar-refractivity contribution in [2.75, 3.05) is 5.32 Å². The molecule has 116 valence electrons. The fourth-order valence-electron chi connectivity index (χ4n) is 2.06. The smallest absolute Gasteiger partial charge is 0.224 e. The van der Waals surface area contributed by atoms with E-state index in [4.69, 9.17) is 11.6 Å². The van der Waals surface area contributed by atoms with Crippen LogP contribution in [0.4, 0.5) is 5.69 Å². The monoisotopic (exact) mass is 327 g/mol. The lowest BCUT2D eigenvalue weighted by Crippen LogP contribution is -2.12. The van der Waals surface area contributed by atoms with Crippen LogP contribution in [-0.4, -0.2) is 26.1 Å². The largest absolute Gasteiger partial charge is 0.326 e. The quantitative estimate of drug-likeness (QED) is 0.754. The summed E-state index contributed by atoms with van der Waals surface area (Å²) in [5, 5.41) is 10.4. The first kappa shape index (κ1) is 15.2. The van der Waals surface area contributed by atoms with E-state index >= 15 is 0 Å². The maximum Gasteiger partial charge on any atom is 0.224 e. The van der Waals surface area contributed by atoms with E-state index in [2.05, 4.69) is 25.5 Å². The second kappa shape index (κ2) is 7.02. The first-order valence-corrected chi connectivity index (χ1v) is 7.45. The highest BCUT2D eigenvalue weighted by Crippen LogP contribution is 2.16. The molecule has 0 fully saturated rings. The molecule has 2 N–H and O–H groups in total. The maximum absolute atomic E-state index is 11.9. The number of H-pyrrole nitrogens is 1. The van der Waals surface area contributed by atoms with Crippen LogP contribution in [0.2, 0.25) is 5.02 Å². The summed E-state index contributed by atoms with van der Waals surface area (Å²) in [7, 11) is 0. The summed E-state index contributed by atoms with van der Waals surface area (Å²) >= 11 is 5.88. The standard InChI is InChI=1S/C16H14ClN5O/c17-12-2-1-3-13(10-12)19-15(23)5-4-14-20-16(22-21-14)11-6-8-18-9-7-11/h1-3,6-10H,4-5H2,(H,19,23)(H,20,21,22). The Hall–Kier alpha value is -2.73. The highest BCUT2D eigenvalue weighted by molar-refractivity contribution is 6.30. The number of hydrogen-bond acceptors (Lipinski definition) is 4. The molecule has 0 atom stereocenters. The Labute approximate surface area is 137 Å². The molecule has 0 saturated heterocycles. The predicted molar refractivity (Wildman–Crippen MR) is 88.0 cm³/mol. The number of halogens is 1. The number of aromatic nitrogens is 4. The highest BCUT2D eigenvalue weighted by Gasteiger charge is 2.08. The van der Waals surface area contributed by atoms with E-state index in [1.807, 2.05) is 12.1 Å². The second-order valence-electron chi connectivity index (χ2n) is 4.90. The number of hydrogen-bond donors (Lipinski definition) is 2. The molecular weight excluding hydrogens is 314 g/mol. The van der Waals surface area contributed by atoms with E-state index in [1.165, 1.54) is 0 Å². The molecule has 7 heteroatoms. The van der Waals surface area contributed by atoms with Crippen LogP contribution in [-0.2, 0) is 11.2 Å². The molecule has 3 aromatic rings. The first-order chi connectivity index (χ1) is 11.2. The number of carbonyl (C=O) groups is 1. The Balaban J connectivity index is 1.56. The van der Waals surface area contributed by atoms with Crippen LogP contribution in [0.5, 0.6) is 0 Å². The molecule has 0 radical (unpaired) electrons. The number of nitrogens with zero attached hydrogens (tertiary/aromatic N) is 3. The van der Waals surface area contributed by atoms with E-state index in [0.717, 1.165) is 5.56 Å². The molecule has 0 bridgehead atoms. The van der Waals surface area contributed by atoms with Gasteiger partial charge in [-0.05, 0) is 30.3 Å². The van der Waals surface area contributed by atoms with Gasteiger partial charge in [0.05, 0.1) is 0 Å². The lowest BCUT2D eigenvalue weighted by atomic mass is 10.2. The number of benzene rings is 1. The summed E-state index contributed by atoms with van der Waals surface area (Å²) in [6.45, 7) is 0. The van der Waals surface area contributed by atoms with Gasteiger partial charge in [0.1, 0.15) is 5.82 Å².